The summed E-state index contributed by atoms with van der Waals surface area (Å²) in [6.07, 6.45) is 4.73. The molecule has 0 aliphatic carbocycles. The smallest absolute Gasteiger partial charge is 0.257 e. The van der Waals surface area contributed by atoms with E-state index in [0.29, 0.717) is 16.9 Å². The molecule has 2 rings (SSSR count). The summed E-state index contributed by atoms with van der Waals surface area (Å²) in [5.74, 6) is 0.970. The molecule has 0 aliphatic heterocycles. The van der Waals surface area contributed by atoms with Crippen molar-refractivity contribution in [3.05, 3.63) is 24.3 Å². The molecule has 22 heavy (non-hydrogen) atoms. The van der Waals surface area contributed by atoms with Crippen LogP contribution in [-0.2, 0) is 4.79 Å². The van der Waals surface area contributed by atoms with Gasteiger partial charge in [-0.15, -0.1) is 0 Å². The predicted molar refractivity (Wildman–Crippen MR) is 91.0 cm³/mol. The normalized spacial score (nSPS) is 12.5. The third-order valence-corrected chi connectivity index (χ3v) is 4.56. The molecule has 0 aliphatic rings. The first-order valence-corrected chi connectivity index (χ1v) is 8.96. The number of amides is 1. The summed E-state index contributed by atoms with van der Waals surface area (Å²) in [4.78, 5) is 16.3. The highest BCUT2D eigenvalue weighted by Gasteiger charge is 2.11. The summed E-state index contributed by atoms with van der Waals surface area (Å²) in [6.45, 7) is 5.14. The molecule has 0 fully saturated rings. The van der Waals surface area contributed by atoms with Crippen LogP contribution in [0.15, 0.2) is 33.9 Å². The van der Waals surface area contributed by atoms with E-state index in [1.54, 1.807) is 0 Å². The van der Waals surface area contributed by atoms with Crippen LogP contribution in [0, 0.1) is 5.92 Å². The molecule has 1 N–H and O–H groups in total. The Morgan fingerprint density at radius 3 is 2.91 bits per heavy atom. The van der Waals surface area contributed by atoms with Crippen molar-refractivity contribution in [2.75, 3.05) is 12.3 Å². The molecule has 1 heterocycles. The van der Waals surface area contributed by atoms with Crippen molar-refractivity contribution >= 4 is 28.8 Å². The standard InChI is InChI=1S/C17H24N2O2S/c1-3-5-8-13(4-2)11-18-16(20)12-22-17-19-14-9-6-7-10-15(14)21-17/h6-7,9-10,13H,3-5,8,11-12H2,1-2H3,(H,18,20). The Balaban J connectivity index is 1.75. The van der Waals surface area contributed by atoms with Gasteiger partial charge in [-0.05, 0) is 24.5 Å². The van der Waals surface area contributed by atoms with Gasteiger partial charge in [0.05, 0.1) is 5.75 Å². The average Bonchev–Trinajstić information content (AvgIpc) is 2.96. The van der Waals surface area contributed by atoms with E-state index < -0.39 is 0 Å². The van der Waals surface area contributed by atoms with Crippen molar-refractivity contribution in [1.82, 2.24) is 10.3 Å². The van der Waals surface area contributed by atoms with Crippen LogP contribution in [0.25, 0.3) is 11.1 Å². The van der Waals surface area contributed by atoms with E-state index in [4.69, 9.17) is 4.42 Å². The Morgan fingerprint density at radius 2 is 2.18 bits per heavy atom. The van der Waals surface area contributed by atoms with Gasteiger partial charge in [0.2, 0.25) is 5.91 Å². The van der Waals surface area contributed by atoms with Crippen LogP contribution < -0.4 is 5.32 Å². The Bertz CT molecular complexity index is 564. The molecule has 120 valence electrons. The third-order valence-electron chi connectivity index (χ3n) is 3.73. The molecule has 0 bridgehead atoms. The van der Waals surface area contributed by atoms with E-state index >= 15 is 0 Å². The summed E-state index contributed by atoms with van der Waals surface area (Å²) >= 11 is 1.34. The lowest BCUT2D eigenvalue weighted by Crippen LogP contribution is -2.30. The number of aromatic nitrogens is 1. The second kappa shape index (κ2) is 8.83. The van der Waals surface area contributed by atoms with Crippen LogP contribution in [0.5, 0.6) is 0 Å². The van der Waals surface area contributed by atoms with Gasteiger partial charge in [0.15, 0.2) is 5.58 Å². The SMILES string of the molecule is CCCCC(CC)CNC(=O)CSc1nc2ccccc2o1. The number of rotatable bonds is 9. The number of nitrogens with one attached hydrogen (secondary N) is 1. The molecule has 2 aromatic rings. The molecule has 4 nitrogen and oxygen atoms in total. The first-order valence-electron chi connectivity index (χ1n) is 7.98. The largest absolute Gasteiger partial charge is 0.431 e. The minimum absolute atomic E-state index is 0.0437. The van der Waals surface area contributed by atoms with Crippen molar-refractivity contribution in [3.63, 3.8) is 0 Å². The van der Waals surface area contributed by atoms with Crippen LogP contribution in [0.2, 0.25) is 0 Å². The summed E-state index contributed by atoms with van der Waals surface area (Å²) in [6, 6.07) is 7.62. The highest BCUT2D eigenvalue weighted by atomic mass is 32.2. The second-order valence-corrected chi connectivity index (χ2v) is 6.38. The Labute approximate surface area is 136 Å². The van der Waals surface area contributed by atoms with E-state index in [9.17, 15) is 4.79 Å². The summed E-state index contributed by atoms with van der Waals surface area (Å²) < 4.78 is 5.59. The lowest BCUT2D eigenvalue weighted by atomic mass is 9.99. The highest BCUT2D eigenvalue weighted by Crippen LogP contribution is 2.22. The third kappa shape index (κ3) is 5.05. The summed E-state index contributed by atoms with van der Waals surface area (Å²) in [5.41, 5.74) is 1.59. The first-order chi connectivity index (χ1) is 10.7. The molecule has 1 atom stereocenters. The lowest BCUT2D eigenvalue weighted by molar-refractivity contribution is -0.118. The number of benzene rings is 1. The maximum Gasteiger partial charge on any atom is 0.257 e. The number of carbonyl (C=O) groups is 1. The van der Waals surface area contributed by atoms with Crippen LogP contribution in [0.4, 0.5) is 0 Å². The van der Waals surface area contributed by atoms with Crippen molar-refractivity contribution in [2.24, 2.45) is 5.92 Å². The number of fused-ring (bicyclic) bond motifs is 1. The Kier molecular flexibility index (Phi) is 6.77. The summed E-state index contributed by atoms with van der Waals surface area (Å²) in [7, 11) is 0. The zero-order chi connectivity index (χ0) is 15.8. The van der Waals surface area contributed by atoms with Crippen molar-refractivity contribution < 1.29 is 9.21 Å². The number of oxazole rings is 1. The fourth-order valence-electron chi connectivity index (χ4n) is 2.29. The number of para-hydroxylation sites is 2. The van der Waals surface area contributed by atoms with Crippen LogP contribution in [-0.4, -0.2) is 23.2 Å². The first kappa shape index (κ1) is 16.9. The number of hydrogen-bond donors (Lipinski definition) is 1. The number of nitrogens with zero attached hydrogens (tertiary/aromatic N) is 1. The summed E-state index contributed by atoms with van der Waals surface area (Å²) in [5, 5.41) is 3.57. The van der Waals surface area contributed by atoms with Crippen LogP contribution in [0.1, 0.15) is 39.5 Å². The molecule has 1 aromatic heterocycles. The predicted octanol–water partition coefficient (Wildman–Crippen LogP) is 4.25. The van der Waals surface area contributed by atoms with Crippen molar-refractivity contribution in [2.45, 2.75) is 44.8 Å². The van der Waals surface area contributed by atoms with Crippen LogP contribution >= 0.6 is 11.8 Å². The topological polar surface area (TPSA) is 55.1 Å². The van der Waals surface area contributed by atoms with Gasteiger partial charge in [0.25, 0.3) is 5.22 Å². The van der Waals surface area contributed by atoms with E-state index in [1.807, 2.05) is 24.3 Å². The van der Waals surface area contributed by atoms with Gasteiger partial charge in [0.1, 0.15) is 5.52 Å². The van der Waals surface area contributed by atoms with E-state index in [1.165, 1.54) is 31.0 Å². The van der Waals surface area contributed by atoms with Gasteiger partial charge in [-0.1, -0.05) is 57.0 Å². The zero-order valence-electron chi connectivity index (χ0n) is 13.3. The van der Waals surface area contributed by atoms with Crippen LogP contribution in [0.3, 0.4) is 0 Å². The molecule has 0 radical (unpaired) electrons. The number of thioether (sulfide) groups is 1. The monoisotopic (exact) mass is 320 g/mol. The quantitative estimate of drug-likeness (QED) is 0.702. The molecule has 5 heteroatoms. The average molecular weight is 320 g/mol. The zero-order valence-corrected chi connectivity index (χ0v) is 14.1. The van der Waals surface area contributed by atoms with E-state index in [-0.39, 0.29) is 5.91 Å². The molecular weight excluding hydrogens is 296 g/mol. The molecule has 0 saturated carbocycles. The second-order valence-electron chi connectivity index (χ2n) is 5.46. The van der Waals surface area contributed by atoms with Crippen molar-refractivity contribution in [3.8, 4) is 0 Å². The molecular formula is C17H24N2O2S. The fourth-order valence-corrected chi connectivity index (χ4v) is 2.96. The minimum atomic E-state index is 0.0437. The highest BCUT2D eigenvalue weighted by molar-refractivity contribution is 7.99. The molecule has 0 spiro atoms. The lowest BCUT2D eigenvalue weighted by Gasteiger charge is -2.14. The van der Waals surface area contributed by atoms with Gasteiger partial charge in [-0.25, -0.2) is 4.98 Å². The molecule has 1 aromatic carbocycles. The molecule has 1 amide bonds. The molecule has 1 unspecified atom stereocenters. The van der Waals surface area contributed by atoms with Gasteiger partial charge >= 0.3 is 0 Å². The van der Waals surface area contributed by atoms with Crippen molar-refractivity contribution in [1.29, 1.82) is 0 Å². The van der Waals surface area contributed by atoms with Gasteiger partial charge < -0.3 is 9.73 Å². The van der Waals surface area contributed by atoms with E-state index in [2.05, 4.69) is 24.1 Å². The number of carbonyl (C=O) groups excluding carboxylic acids is 1. The van der Waals surface area contributed by atoms with E-state index in [0.717, 1.165) is 24.1 Å². The Hall–Kier alpha value is -1.49. The van der Waals surface area contributed by atoms with Gasteiger partial charge in [0, 0.05) is 6.54 Å². The van der Waals surface area contributed by atoms with Gasteiger partial charge in [-0.3, -0.25) is 4.79 Å². The Morgan fingerprint density at radius 1 is 1.36 bits per heavy atom. The minimum Gasteiger partial charge on any atom is -0.431 e. The maximum atomic E-state index is 11.9. The maximum absolute atomic E-state index is 11.9. The molecule has 0 saturated heterocycles. The number of hydrogen-bond acceptors (Lipinski definition) is 4. The fraction of sp³-hybridized carbons (Fsp3) is 0.529. The number of unbranched alkanes of at least 4 members (excludes halogenated alkanes) is 1. The van der Waals surface area contributed by atoms with Gasteiger partial charge in [-0.2, -0.15) is 0 Å².